The SMILES string of the molecule is CN(CC(=O)O)C(C#N)c1cccc([N+](=O)[O-])c1. The number of nitrogens with zero attached hydrogens (tertiary/aromatic N) is 3. The Balaban J connectivity index is 3.02. The average Bonchev–Trinajstić information content (AvgIpc) is 2.29. The van der Waals surface area contributed by atoms with Crippen molar-refractivity contribution in [2.24, 2.45) is 0 Å². The normalized spacial score (nSPS) is 11.8. The molecular formula is C11H11N3O4. The lowest BCUT2D eigenvalue weighted by molar-refractivity contribution is -0.384. The Labute approximate surface area is 103 Å². The first kappa shape index (κ1) is 13.6. The number of carboxylic acid groups (broad SMARTS) is 1. The van der Waals surface area contributed by atoms with Gasteiger partial charge in [-0.2, -0.15) is 5.26 Å². The number of hydrogen-bond acceptors (Lipinski definition) is 5. The van der Waals surface area contributed by atoms with Crippen molar-refractivity contribution in [2.75, 3.05) is 13.6 Å². The van der Waals surface area contributed by atoms with E-state index >= 15 is 0 Å². The van der Waals surface area contributed by atoms with Gasteiger partial charge in [0.1, 0.15) is 6.04 Å². The third kappa shape index (κ3) is 3.26. The molecule has 1 N–H and O–H groups in total. The molecule has 1 aromatic rings. The van der Waals surface area contributed by atoms with Crippen molar-refractivity contribution in [3.63, 3.8) is 0 Å². The molecule has 1 rings (SSSR count). The Hall–Kier alpha value is -2.46. The maximum atomic E-state index is 10.6. The Morgan fingerprint density at radius 3 is 2.83 bits per heavy atom. The molecule has 7 nitrogen and oxygen atoms in total. The van der Waals surface area contributed by atoms with Gasteiger partial charge in [0.2, 0.25) is 0 Å². The second-order valence-corrected chi connectivity index (χ2v) is 3.69. The predicted molar refractivity (Wildman–Crippen MR) is 61.7 cm³/mol. The van der Waals surface area contributed by atoms with Crippen molar-refractivity contribution in [1.82, 2.24) is 4.90 Å². The molecule has 0 amide bonds. The van der Waals surface area contributed by atoms with E-state index in [1.54, 1.807) is 6.07 Å². The van der Waals surface area contributed by atoms with Gasteiger partial charge in [0.25, 0.3) is 5.69 Å². The van der Waals surface area contributed by atoms with E-state index in [2.05, 4.69) is 0 Å². The second kappa shape index (κ2) is 5.75. The molecule has 0 aliphatic carbocycles. The molecule has 7 heteroatoms. The van der Waals surface area contributed by atoms with Crippen LogP contribution in [0.15, 0.2) is 24.3 Å². The number of hydrogen-bond donors (Lipinski definition) is 1. The van der Waals surface area contributed by atoms with Crippen LogP contribution in [-0.2, 0) is 4.79 Å². The van der Waals surface area contributed by atoms with E-state index in [0.717, 1.165) is 0 Å². The van der Waals surface area contributed by atoms with E-state index in [-0.39, 0.29) is 12.2 Å². The van der Waals surface area contributed by atoms with Crippen LogP contribution in [0.25, 0.3) is 0 Å². The zero-order valence-corrected chi connectivity index (χ0v) is 9.61. The fourth-order valence-electron chi connectivity index (χ4n) is 1.54. The maximum Gasteiger partial charge on any atom is 0.317 e. The molecule has 1 aromatic carbocycles. The monoisotopic (exact) mass is 249 g/mol. The van der Waals surface area contributed by atoms with E-state index in [0.29, 0.717) is 5.56 Å². The summed E-state index contributed by atoms with van der Waals surface area (Å²) in [5, 5.41) is 28.3. The summed E-state index contributed by atoms with van der Waals surface area (Å²) in [7, 11) is 1.47. The Kier molecular flexibility index (Phi) is 4.34. The van der Waals surface area contributed by atoms with Crippen molar-refractivity contribution < 1.29 is 14.8 Å². The number of carbonyl (C=O) groups is 1. The lowest BCUT2D eigenvalue weighted by Crippen LogP contribution is -2.29. The highest BCUT2D eigenvalue weighted by atomic mass is 16.6. The molecule has 1 unspecified atom stereocenters. The Morgan fingerprint density at radius 1 is 1.67 bits per heavy atom. The molecule has 0 aliphatic rings. The van der Waals surface area contributed by atoms with E-state index in [9.17, 15) is 14.9 Å². The Morgan fingerprint density at radius 2 is 2.33 bits per heavy atom. The number of non-ortho nitro benzene ring substituents is 1. The van der Waals surface area contributed by atoms with Crippen LogP contribution in [0.2, 0.25) is 0 Å². The molecule has 0 fully saturated rings. The van der Waals surface area contributed by atoms with E-state index < -0.39 is 16.9 Å². The van der Waals surface area contributed by atoms with Crippen LogP contribution in [0.4, 0.5) is 5.69 Å². The van der Waals surface area contributed by atoms with E-state index in [4.69, 9.17) is 10.4 Å². The topological polar surface area (TPSA) is 107 Å². The molecule has 94 valence electrons. The van der Waals surface area contributed by atoms with Crippen LogP contribution in [0.3, 0.4) is 0 Å². The van der Waals surface area contributed by atoms with Gasteiger partial charge in [0, 0.05) is 12.1 Å². The minimum absolute atomic E-state index is 0.128. The van der Waals surface area contributed by atoms with Crippen molar-refractivity contribution in [2.45, 2.75) is 6.04 Å². The quantitative estimate of drug-likeness (QED) is 0.620. The highest BCUT2D eigenvalue weighted by Gasteiger charge is 2.20. The largest absolute Gasteiger partial charge is 0.480 e. The van der Waals surface area contributed by atoms with Crippen molar-refractivity contribution >= 4 is 11.7 Å². The van der Waals surface area contributed by atoms with Crippen molar-refractivity contribution in [3.8, 4) is 6.07 Å². The summed E-state index contributed by atoms with van der Waals surface area (Å²) in [6, 6.07) is 6.70. The minimum atomic E-state index is -1.07. The lowest BCUT2D eigenvalue weighted by Gasteiger charge is -2.20. The molecular weight excluding hydrogens is 238 g/mol. The zero-order chi connectivity index (χ0) is 13.7. The molecule has 0 aliphatic heterocycles. The van der Waals surface area contributed by atoms with Gasteiger partial charge in [-0.05, 0) is 12.6 Å². The zero-order valence-electron chi connectivity index (χ0n) is 9.61. The Bertz CT molecular complexity index is 509. The summed E-state index contributed by atoms with van der Waals surface area (Å²) in [6.07, 6.45) is 0. The fraction of sp³-hybridized carbons (Fsp3) is 0.273. The molecule has 0 spiro atoms. The molecule has 0 bridgehead atoms. The number of nitriles is 1. The molecule has 18 heavy (non-hydrogen) atoms. The average molecular weight is 249 g/mol. The number of likely N-dealkylation sites (N-methyl/N-ethyl adjacent to an activating group) is 1. The summed E-state index contributed by atoms with van der Waals surface area (Å²) in [5.41, 5.74) is 0.270. The molecule has 1 atom stereocenters. The van der Waals surface area contributed by atoms with Gasteiger partial charge < -0.3 is 5.11 Å². The van der Waals surface area contributed by atoms with Gasteiger partial charge in [-0.3, -0.25) is 19.8 Å². The molecule has 0 saturated carbocycles. The number of aliphatic carboxylic acids is 1. The summed E-state index contributed by atoms with van der Waals surface area (Å²) < 4.78 is 0. The predicted octanol–water partition coefficient (Wildman–Crippen LogP) is 1.18. The number of nitro groups is 1. The number of nitro benzene ring substituents is 1. The van der Waals surface area contributed by atoms with Crippen molar-refractivity contribution in [3.05, 3.63) is 39.9 Å². The van der Waals surface area contributed by atoms with Crippen LogP contribution in [0, 0.1) is 21.4 Å². The molecule has 0 radical (unpaired) electrons. The number of benzene rings is 1. The van der Waals surface area contributed by atoms with Crippen LogP contribution in [0.1, 0.15) is 11.6 Å². The third-order valence-corrected chi connectivity index (χ3v) is 2.34. The summed E-state index contributed by atoms with van der Waals surface area (Å²) in [5.74, 6) is -1.07. The minimum Gasteiger partial charge on any atom is -0.480 e. The van der Waals surface area contributed by atoms with Crippen LogP contribution < -0.4 is 0 Å². The summed E-state index contributed by atoms with van der Waals surface area (Å²) in [6.45, 7) is -0.319. The van der Waals surface area contributed by atoms with Gasteiger partial charge >= 0.3 is 5.97 Å². The van der Waals surface area contributed by atoms with E-state index in [1.165, 1.54) is 30.1 Å². The fourth-order valence-corrected chi connectivity index (χ4v) is 1.54. The van der Waals surface area contributed by atoms with Gasteiger partial charge in [0.15, 0.2) is 0 Å². The number of rotatable bonds is 5. The van der Waals surface area contributed by atoms with E-state index in [1.807, 2.05) is 6.07 Å². The number of carboxylic acids is 1. The van der Waals surface area contributed by atoms with Crippen LogP contribution in [0.5, 0.6) is 0 Å². The molecule has 0 aromatic heterocycles. The second-order valence-electron chi connectivity index (χ2n) is 3.69. The van der Waals surface area contributed by atoms with Gasteiger partial charge in [-0.25, -0.2) is 0 Å². The van der Waals surface area contributed by atoms with Gasteiger partial charge in [0.05, 0.1) is 17.5 Å². The standard InChI is InChI=1S/C11H11N3O4/c1-13(7-11(15)16)10(6-12)8-3-2-4-9(5-8)14(17)18/h2-5,10H,7H2,1H3,(H,15,16). The first-order chi connectivity index (χ1) is 8.45. The summed E-state index contributed by atoms with van der Waals surface area (Å²) >= 11 is 0. The molecule has 0 saturated heterocycles. The van der Waals surface area contributed by atoms with Crippen LogP contribution in [-0.4, -0.2) is 34.5 Å². The first-order valence-corrected chi connectivity index (χ1v) is 5.01. The lowest BCUT2D eigenvalue weighted by atomic mass is 10.1. The smallest absolute Gasteiger partial charge is 0.317 e. The third-order valence-electron chi connectivity index (χ3n) is 2.34. The van der Waals surface area contributed by atoms with Crippen molar-refractivity contribution in [1.29, 1.82) is 5.26 Å². The first-order valence-electron chi connectivity index (χ1n) is 5.01. The summed E-state index contributed by atoms with van der Waals surface area (Å²) in [4.78, 5) is 22.0. The highest BCUT2D eigenvalue weighted by Crippen LogP contribution is 2.22. The van der Waals surface area contributed by atoms with Gasteiger partial charge in [-0.1, -0.05) is 12.1 Å². The maximum absolute atomic E-state index is 10.6. The van der Waals surface area contributed by atoms with Gasteiger partial charge in [-0.15, -0.1) is 0 Å². The van der Waals surface area contributed by atoms with Crippen LogP contribution >= 0.6 is 0 Å². The molecule has 0 heterocycles. The highest BCUT2D eigenvalue weighted by molar-refractivity contribution is 5.69.